The summed E-state index contributed by atoms with van der Waals surface area (Å²) in [6.45, 7) is 8.08. The molecule has 0 saturated carbocycles. The van der Waals surface area contributed by atoms with E-state index in [9.17, 15) is 0 Å². The summed E-state index contributed by atoms with van der Waals surface area (Å²) in [5.41, 5.74) is 4.96. The van der Waals surface area contributed by atoms with Gasteiger partial charge in [-0.25, -0.2) is 0 Å². The average molecular weight is 311 g/mol. The van der Waals surface area contributed by atoms with Gasteiger partial charge in [-0.3, -0.25) is 0 Å². The van der Waals surface area contributed by atoms with Crippen molar-refractivity contribution < 1.29 is 4.74 Å². The van der Waals surface area contributed by atoms with Gasteiger partial charge >= 0.3 is 0 Å². The van der Waals surface area contributed by atoms with Gasteiger partial charge < -0.3 is 10.1 Å². The van der Waals surface area contributed by atoms with Crippen molar-refractivity contribution in [3.8, 4) is 5.75 Å². The van der Waals surface area contributed by atoms with E-state index in [1.807, 2.05) is 6.07 Å². The van der Waals surface area contributed by atoms with E-state index < -0.39 is 0 Å². The summed E-state index contributed by atoms with van der Waals surface area (Å²) >= 11 is 0. The Morgan fingerprint density at radius 1 is 0.957 bits per heavy atom. The van der Waals surface area contributed by atoms with Crippen molar-refractivity contribution >= 4 is 5.69 Å². The molecule has 0 unspecified atom stereocenters. The van der Waals surface area contributed by atoms with Gasteiger partial charge in [0.1, 0.15) is 5.75 Å². The van der Waals surface area contributed by atoms with Crippen LogP contribution in [0.5, 0.6) is 5.75 Å². The van der Waals surface area contributed by atoms with E-state index >= 15 is 0 Å². The maximum absolute atomic E-state index is 5.99. The predicted molar refractivity (Wildman–Crippen MR) is 99.3 cm³/mol. The average Bonchev–Trinajstić information content (AvgIpc) is 2.56. The number of unbranched alkanes of at least 4 members (excludes halogenated alkanes) is 3. The lowest BCUT2D eigenvalue weighted by atomic mass is 10.1. The Balaban J connectivity index is 1.93. The van der Waals surface area contributed by atoms with E-state index in [4.69, 9.17) is 4.74 Å². The summed E-state index contributed by atoms with van der Waals surface area (Å²) in [5.74, 6) is 1.00. The van der Waals surface area contributed by atoms with Gasteiger partial charge in [-0.05, 0) is 43.5 Å². The molecule has 0 bridgehead atoms. The molecule has 0 aromatic heterocycles. The Kier molecular flexibility index (Phi) is 6.99. The molecule has 0 atom stereocenters. The van der Waals surface area contributed by atoms with Crippen LogP contribution in [0.4, 0.5) is 5.69 Å². The lowest BCUT2D eigenvalue weighted by molar-refractivity contribution is 0.302. The van der Waals surface area contributed by atoms with E-state index in [2.05, 4.69) is 62.5 Å². The quantitative estimate of drug-likeness (QED) is 0.584. The molecule has 0 saturated heterocycles. The molecule has 0 fully saturated rings. The van der Waals surface area contributed by atoms with Gasteiger partial charge in [0.25, 0.3) is 0 Å². The molecule has 124 valence electrons. The van der Waals surface area contributed by atoms with Crippen molar-refractivity contribution in [1.29, 1.82) is 0 Å². The van der Waals surface area contributed by atoms with Crippen LogP contribution in [0.2, 0.25) is 0 Å². The summed E-state index contributed by atoms with van der Waals surface area (Å²) in [5, 5.41) is 3.54. The number of anilines is 1. The number of hydrogen-bond donors (Lipinski definition) is 1. The van der Waals surface area contributed by atoms with Crippen molar-refractivity contribution in [2.75, 3.05) is 11.9 Å². The lowest BCUT2D eigenvalue weighted by Gasteiger charge is -2.14. The van der Waals surface area contributed by atoms with E-state index in [1.165, 1.54) is 41.6 Å². The molecule has 2 rings (SSSR count). The Hall–Kier alpha value is -1.96. The summed E-state index contributed by atoms with van der Waals surface area (Å²) in [4.78, 5) is 0. The molecule has 0 heterocycles. The monoisotopic (exact) mass is 311 g/mol. The largest absolute Gasteiger partial charge is 0.493 e. The van der Waals surface area contributed by atoms with Crippen molar-refractivity contribution in [3.63, 3.8) is 0 Å². The zero-order valence-electron chi connectivity index (χ0n) is 14.7. The Morgan fingerprint density at radius 3 is 2.61 bits per heavy atom. The highest BCUT2D eigenvalue weighted by Gasteiger charge is 2.04. The summed E-state index contributed by atoms with van der Waals surface area (Å²) < 4.78 is 5.99. The summed E-state index contributed by atoms with van der Waals surface area (Å²) in [7, 11) is 0. The molecule has 0 aliphatic carbocycles. The molecule has 2 aromatic carbocycles. The topological polar surface area (TPSA) is 21.3 Å². The third-order valence-electron chi connectivity index (χ3n) is 4.09. The van der Waals surface area contributed by atoms with Crippen LogP contribution < -0.4 is 10.1 Å². The number of rotatable bonds is 9. The van der Waals surface area contributed by atoms with Crippen LogP contribution in [0.25, 0.3) is 0 Å². The highest BCUT2D eigenvalue weighted by Crippen LogP contribution is 2.22. The molecule has 0 spiro atoms. The van der Waals surface area contributed by atoms with Crippen molar-refractivity contribution in [1.82, 2.24) is 0 Å². The SMILES string of the molecule is CCCCCCOc1ccccc1CNc1cc(C)ccc1C. The van der Waals surface area contributed by atoms with Gasteiger partial charge in [-0.15, -0.1) is 0 Å². The second-order valence-corrected chi connectivity index (χ2v) is 6.19. The van der Waals surface area contributed by atoms with E-state index in [0.717, 1.165) is 25.3 Å². The van der Waals surface area contributed by atoms with Crippen LogP contribution in [0.3, 0.4) is 0 Å². The van der Waals surface area contributed by atoms with Crippen molar-refractivity contribution in [2.24, 2.45) is 0 Å². The number of para-hydroxylation sites is 1. The maximum Gasteiger partial charge on any atom is 0.124 e. The zero-order valence-corrected chi connectivity index (χ0v) is 14.7. The first kappa shape index (κ1) is 17.4. The van der Waals surface area contributed by atoms with Crippen LogP contribution in [-0.2, 0) is 6.54 Å². The highest BCUT2D eigenvalue weighted by atomic mass is 16.5. The van der Waals surface area contributed by atoms with Gasteiger partial charge in [0, 0.05) is 17.8 Å². The fraction of sp³-hybridized carbons (Fsp3) is 0.429. The second kappa shape index (κ2) is 9.24. The van der Waals surface area contributed by atoms with Crippen LogP contribution in [0.1, 0.15) is 49.3 Å². The van der Waals surface area contributed by atoms with E-state index in [0.29, 0.717) is 0 Å². The molecule has 2 nitrogen and oxygen atoms in total. The van der Waals surface area contributed by atoms with Crippen LogP contribution >= 0.6 is 0 Å². The maximum atomic E-state index is 5.99. The fourth-order valence-electron chi connectivity index (χ4n) is 2.62. The number of aryl methyl sites for hydroxylation is 2. The zero-order chi connectivity index (χ0) is 16.5. The first-order valence-corrected chi connectivity index (χ1v) is 8.72. The van der Waals surface area contributed by atoms with Crippen molar-refractivity contribution in [3.05, 3.63) is 59.2 Å². The third-order valence-corrected chi connectivity index (χ3v) is 4.09. The predicted octanol–water partition coefficient (Wildman–Crippen LogP) is 5.87. The summed E-state index contributed by atoms with van der Waals surface area (Å²) in [6.07, 6.45) is 4.93. The highest BCUT2D eigenvalue weighted by molar-refractivity contribution is 5.53. The minimum absolute atomic E-state index is 0.787. The molecule has 0 amide bonds. The lowest BCUT2D eigenvalue weighted by Crippen LogP contribution is -2.05. The van der Waals surface area contributed by atoms with Crippen molar-refractivity contribution in [2.45, 2.75) is 53.0 Å². The van der Waals surface area contributed by atoms with Gasteiger partial charge in [0.2, 0.25) is 0 Å². The molecule has 0 aliphatic heterocycles. The summed E-state index contributed by atoms with van der Waals surface area (Å²) in [6, 6.07) is 14.8. The Labute approximate surface area is 140 Å². The molecule has 2 aromatic rings. The van der Waals surface area contributed by atoms with Gasteiger partial charge in [-0.1, -0.05) is 56.5 Å². The number of hydrogen-bond acceptors (Lipinski definition) is 2. The Morgan fingerprint density at radius 2 is 1.78 bits per heavy atom. The van der Waals surface area contributed by atoms with Gasteiger partial charge in [-0.2, -0.15) is 0 Å². The minimum Gasteiger partial charge on any atom is -0.493 e. The molecular weight excluding hydrogens is 282 g/mol. The van der Waals surface area contributed by atoms with E-state index in [1.54, 1.807) is 0 Å². The molecular formula is C21H29NO. The molecule has 2 heteroatoms. The fourth-order valence-corrected chi connectivity index (χ4v) is 2.62. The number of ether oxygens (including phenoxy) is 1. The van der Waals surface area contributed by atoms with Gasteiger partial charge in [0.15, 0.2) is 0 Å². The van der Waals surface area contributed by atoms with Gasteiger partial charge in [0.05, 0.1) is 6.61 Å². The third kappa shape index (κ3) is 5.63. The smallest absolute Gasteiger partial charge is 0.124 e. The first-order chi connectivity index (χ1) is 11.2. The van der Waals surface area contributed by atoms with Crippen LogP contribution in [0, 0.1) is 13.8 Å². The second-order valence-electron chi connectivity index (χ2n) is 6.19. The normalized spacial score (nSPS) is 10.6. The molecule has 1 N–H and O–H groups in total. The first-order valence-electron chi connectivity index (χ1n) is 8.72. The molecule has 0 aliphatic rings. The number of benzene rings is 2. The molecule has 23 heavy (non-hydrogen) atoms. The van der Waals surface area contributed by atoms with E-state index in [-0.39, 0.29) is 0 Å². The number of nitrogens with one attached hydrogen (secondary N) is 1. The minimum atomic E-state index is 0.787. The Bertz CT molecular complexity index is 607. The molecule has 0 radical (unpaired) electrons. The van der Waals surface area contributed by atoms with Crippen LogP contribution in [0.15, 0.2) is 42.5 Å². The van der Waals surface area contributed by atoms with Crippen LogP contribution in [-0.4, -0.2) is 6.61 Å². The standard InChI is InChI=1S/C21H29NO/c1-4-5-6-9-14-23-21-11-8-7-10-19(21)16-22-20-15-17(2)12-13-18(20)3/h7-8,10-13,15,22H,4-6,9,14,16H2,1-3H3.